The van der Waals surface area contributed by atoms with Crippen molar-refractivity contribution < 1.29 is 18.1 Å². The number of sulfonamides is 1. The van der Waals surface area contributed by atoms with Crippen molar-refractivity contribution in [3.63, 3.8) is 0 Å². The van der Waals surface area contributed by atoms with Crippen LogP contribution < -0.4 is 9.73 Å². The Bertz CT molecular complexity index is 1580. The van der Waals surface area contributed by atoms with Gasteiger partial charge in [0.25, 0.3) is 21.6 Å². The lowest BCUT2D eigenvalue weighted by Crippen LogP contribution is -2.39. The second kappa shape index (κ2) is 11.1. The number of nitro benzene ring substituents is 1. The second-order valence-corrected chi connectivity index (χ2v) is 10.3. The Hall–Kier alpha value is -4.77. The van der Waals surface area contributed by atoms with Crippen molar-refractivity contribution in [2.24, 2.45) is 5.10 Å². The number of nitrogens with one attached hydrogen (secondary N) is 1. The van der Waals surface area contributed by atoms with Crippen molar-refractivity contribution in [1.29, 1.82) is 0 Å². The molecular formula is C27H25N5O5S. The smallest absolute Gasteiger partial charge is 0.269 e. The first-order valence-electron chi connectivity index (χ1n) is 11.6. The lowest BCUT2D eigenvalue weighted by Gasteiger charge is -2.23. The van der Waals surface area contributed by atoms with E-state index in [0.29, 0.717) is 0 Å². The fraction of sp³-hybridized carbons (Fsp3) is 0.111. The monoisotopic (exact) mass is 531 g/mol. The van der Waals surface area contributed by atoms with Gasteiger partial charge in [0.05, 0.1) is 21.7 Å². The predicted molar refractivity (Wildman–Crippen MR) is 145 cm³/mol. The van der Waals surface area contributed by atoms with E-state index in [1.165, 1.54) is 42.6 Å². The summed E-state index contributed by atoms with van der Waals surface area (Å²) in [5.41, 5.74) is 5.98. The van der Waals surface area contributed by atoms with E-state index < -0.39 is 27.4 Å². The van der Waals surface area contributed by atoms with Gasteiger partial charge in [0.15, 0.2) is 0 Å². The van der Waals surface area contributed by atoms with Crippen molar-refractivity contribution in [2.45, 2.75) is 18.7 Å². The maximum atomic E-state index is 13.4. The Morgan fingerprint density at radius 2 is 1.61 bits per heavy atom. The molecule has 3 aromatic carbocycles. The SMILES string of the molecule is Cc1cc(/C=N\NC(=O)CN(c2ccc([N+](=O)[O-])cc2)S(=O)(=O)c2ccccc2)c(C)n1-c1ccccc1. The van der Waals surface area contributed by atoms with E-state index in [0.717, 1.165) is 26.9 Å². The van der Waals surface area contributed by atoms with Gasteiger partial charge in [0.2, 0.25) is 0 Å². The van der Waals surface area contributed by atoms with E-state index in [4.69, 9.17) is 0 Å². The molecule has 0 aliphatic heterocycles. The van der Waals surface area contributed by atoms with Crippen LogP contribution in [0.4, 0.5) is 11.4 Å². The lowest BCUT2D eigenvalue weighted by atomic mass is 10.2. The van der Waals surface area contributed by atoms with Gasteiger partial charge in [0.1, 0.15) is 6.54 Å². The van der Waals surface area contributed by atoms with Crippen molar-refractivity contribution in [3.05, 3.63) is 118 Å². The molecule has 0 aliphatic carbocycles. The molecule has 1 amide bonds. The van der Waals surface area contributed by atoms with Crippen molar-refractivity contribution in [3.8, 4) is 5.69 Å². The van der Waals surface area contributed by atoms with Gasteiger partial charge in [0, 0.05) is 34.8 Å². The summed E-state index contributed by atoms with van der Waals surface area (Å²) < 4.78 is 29.7. The number of aromatic nitrogens is 1. The van der Waals surface area contributed by atoms with Gasteiger partial charge in [-0.15, -0.1) is 0 Å². The number of carbonyl (C=O) groups excluding carboxylic acids is 1. The number of rotatable bonds is 9. The fourth-order valence-corrected chi connectivity index (χ4v) is 5.45. The van der Waals surface area contributed by atoms with Crippen LogP contribution in [-0.2, 0) is 14.8 Å². The van der Waals surface area contributed by atoms with Gasteiger partial charge in [-0.3, -0.25) is 19.2 Å². The standard InChI is InChI=1S/C27H25N5O5S/c1-20-17-22(21(2)31(20)24-9-5-3-6-10-24)18-28-29-27(33)19-30(23-13-15-25(16-14-23)32(34)35)38(36,37)26-11-7-4-8-12-26/h3-18H,19H2,1-2H3,(H,29,33)/b28-18-. The van der Waals surface area contributed by atoms with Crippen LogP contribution in [0.2, 0.25) is 0 Å². The molecular weight excluding hydrogens is 506 g/mol. The molecule has 1 aromatic heterocycles. The summed E-state index contributed by atoms with van der Waals surface area (Å²) in [7, 11) is -4.15. The highest BCUT2D eigenvalue weighted by atomic mass is 32.2. The molecule has 0 radical (unpaired) electrons. The average molecular weight is 532 g/mol. The fourth-order valence-electron chi connectivity index (χ4n) is 4.01. The minimum Gasteiger partial charge on any atom is -0.318 e. The first-order valence-corrected chi connectivity index (χ1v) is 13.0. The Labute approximate surface area is 220 Å². The van der Waals surface area contributed by atoms with E-state index in [9.17, 15) is 23.3 Å². The predicted octanol–water partition coefficient (Wildman–Crippen LogP) is 4.35. The molecule has 0 saturated carbocycles. The van der Waals surface area contributed by atoms with Crippen molar-refractivity contribution in [2.75, 3.05) is 10.8 Å². The zero-order chi connectivity index (χ0) is 27.3. The van der Waals surface area contributed by atoms with E-state index in [1.54, 1.807) is 18.2 Å². The van der Waals surface area contributed by atoms with Crippen molar-refractivity contribution in [1.82, 2.24) is 9.99 Å². The summed E-state index contributed by atoms with van der Waals surface area (Å²) >= 11 is 0. The van der Waals surface area contributed by atoms with Gasteiger partial charge >= 0.3 is 0 Å². The average Bonchev–Trinajstić information content (AvgIpc) is 3.20. The first-order chi connectivity index (χ1) is 18.2. The van der Waals surface area contributed by atoms with Gasteiger partial charge in [-0.25, -0.2) is 13.8 Å². The molecule has 0 unspecified atom stereocenters. The van der Waals surface area contributed by atoms with E-state index in [2.05, 4.69) is 15.1 Å². The lowest BCUT2D eigenvalue weighted by molar-refractivity contribution is -0.384. The van der Waals surface area contributed by atoms with Crippen LogP contribution in [0.1, 0.15) is 17.0 Å². The minimum absolute atomic E-state index is 0.0250. The highest BCUT2D eigenvalue weighted by Crippen LogP contribution is 2.26. The molecule has 38 heavy (non-hydrogen) atoms. The van der Waals surface area contributed by atoms with Gasteiger partial charge in [-0.1, -0.05) is 36.4 Å². The summed E-state index contributed by atoms with van der Waals surface area (Å²) in [5.74, 6) is -0.684. The number of hydrogen-bond donors (Lipinski definition) is 1. The molecule has 11 heteroatoms. The third-order valence-corrected chi connectivity index (χ3v) is 7.63. The number of para-hydroxylation sites is 1. The number of hydrazone groups is 1. The third kappa shape index (κ3) is 5.62. The van der Waals surface area contributed by atoms with Gasteiger partial charge < -0.3 is 4.57 Å². The minimum atomic E-state index is -4.15. The highest BCUT2D eigenvalue weighted by Gasteiger charge is 2.27. The molecule has 1 N–H and O–H groups in total. The summed E-state index contributed by atoms with van der Waals surface area (Å²) in [4.78, 5) is 23.2. The number of hydrogen-bond acceptors (Lipinski definition) is 6. The summed E-state index contributed by atoms with van der Waals surface area (Å²) in [6, 6.07) is 24.3. The van der Waals surface area contributed by atoms with Crippen LogP contribution in [0.3, 0.4) is 0 Å². The van der Waals surface area contributed by atoms with Gasteiger partial charge in [-0.2, -0.15) is 5.10 Å². The molecule has 0 aliphatic rings. The van der Waals surface area contributed by atoms with Crippen LogP contribution in [0, 0.1) is 24.0 Å². The quantitative estimate of drug-likeness (QED) is 0.195. The number of non-ortho nitro benzene ring substituents is 1. The number of anilines is 1. The maximum Gasteiger partial charge on any atom is 0.269 e. The molecule has 10 nitrogen and oxygen atoms in total. The van der Waals surface area contributed by atoms with E-state index in [1.807, 2.05) is 50.2 Å². The number of aryl methyl sites for hydroxylation is 1. The summed E-state index contributed by atoms with van der Waals surface area (Å²) in [5, 5.41) is 15.1. The van der Waals surface area contributed by atoms with Crippen LogP contribution >= 0.6 is 0 Å². The number of benzene rings is 3. The molecule has 0 saturated heterocycles. The van der Waals surface area contributed by atoms with Crippen LogP contribution in [0.5, 0.6) is 0 Å². The normalized spacial score (nSPS) is 11.4. The number of nitrogens with zero attached hydrogens (tertiary/aromatic N) is 4. The summed E-state index contributed by atoms with van der Waals surface area (Å²) in [6.45, 7) is 3.31. The van der Waals surface area contributed by atoms with Gasteiger partial charge in [-0.05, 0) is 56.3 Å². The molecule has 0 fully saturated rings. The third-order valence-electron chi connectivity index (χ3n) is 5.84. The molecule has 194 valence electrons. The second-order valence-electron chi connectivity index (χ2n) is 8.39. The summed E-state index contributed by atoms with van der Waals surface area (Å²) in [6.07, 6.45) is 1.50. The Balaban J connectivity index is 1.56. The van der Waals surface area contributed by atoms with Crippen LogP contribution in [0.15, 0.2) is 101 Å². The molecule has 0 bridgehead atoms. The molecule has 1 heterocycles. The topological polar surface area (TPSA) is 127 Å². The van der Waals surface area contributed by atoms with E-state index in [-0.39, 0.29) is 16.3 Å². The largest absolute Gasteiger partial charge is 0.318 e. The Morgan fingerprint density at radius 3 is 2.21 bits per heavy atom. The zero-order valence-corrected chi connectivity index (χ0v) is 21.5. The molecule has 0 spiro atoms. The van der Waals surface area contributed by atoms with Crippen LogP contribution in [0.25, 0.3) is 5.69 Å². The molecule has 4 rings (SSSR count). The zero-order valence-electron chi connectivity index (χ0n) is 20.7. The van der Waals surface area contributed by atoms with Crippen LogP contribution in [-0.4, -0.2) is 36.6 Å². The number of nitro groups is 1. The highest BCUT2D eigenvalue weighted by molar-refractivity contribution is 7.92. The number of carbonyl (C=O) groups is 1. The number of amides is 1. The van der Waals surface area contributed by atoms with E-state index >= 15 is 0 Å². The Morgan fingerprint density at radius 1 is 1.00 bits per heavy atom. The molecule has 0 atom stereocenters. The molecule has 4 aromatic rings. The first kappa shape index (κ1) is 26.3. The maximum absolute atomic E-state index is 13.4. The van der Waals surface area contributed by atoms with Crippen molar-refractivity contribution >= 4 is 33.5 Å². The Kier molecular flexibility index (Phi) is 7.68.